The molecule has 0 saturated carbocycles. The largest absolute Gasteiger partial charge is 0.370 e. The van der Waals surface area contributed by atoms with Crippen LogP contribution in [0.2, 0.25) is 0 Å². The van der Waals surface area contributed by atoms with Crippen LogP contribution in [0.15, 0.2) is 53.4 Å². The lowest BCUT2D eigenvalue weighted by atomic mass is 10.1. The highest BCUT2D eigenvalue weighted by Crippen LogP contribution is 2.28. The Morgan fingerprint density at radius 3 is 2.34 bits per heavy atom. The number of carbonyl (C=O) groups is 1. The quantitative estimate of drug-likeness (QED) is 0.716. The molecule has 29 heavy (non-hydrogen) atoms. The number of anilines is 2. The van der Waals surface area contributed by atoms with Gasteiger partial charge >= 0.3 is 0 Å². The van der Waals surface area contributed by atoms with Gasteiger partial charge in [0.2, 0.25) is 10.0 Å². The Morgan fingerprint density at radius 2 is 1.69 bits per heavy atom. The summed E-state index contributed by atoms with van der Waals surface area (Å²) in [4.78, 5) is 15.2. The van der Waals surface area contributed by atoms with Gasteiger partial charge in [-0.05, 0) is 69.0 Å². The molecule has 1 aliphatic rings. The van der Waals surface area contributed by atoms with Crippen molar-refractivity contribution in [3.8, 4) is 0 Å². The van der Waals surface area contributed by atoms with E-state index in [1.165, 1.54) is 18.6 Å². The first kappa shape index (κ1) is 21.3. The van der Waals surface area contributed by atoms with E-state index in [0.717, 1.165) is 37.3 Å². The van der Waals surface area contributed by atoms with Crippen molar-refractivity contribution < 1.29 is 13.2 Å². The molecule has 1 amide bonds. The van der Waals surface area contributed by atoms with Gasteiger partial charge in [-0.1, -0.05) is 19.1 Å². The monoisotopic (exact) mass is 415 g/mol. The van der Waals surface area contributed by atoms with E-state index in [0.29, 0.717) is 12.0 Å². The fourth-order valence-electron chi connectivity index (χ4n) is 3.39. The summed E-state index contributed by atoms with van der Waals surface area (Å²) in [6, 6.07) is 13.7. The molecule has 1 fully saturated rings. The van der Waals surface area contributed by atoms with Crippen LogP contribution >= 0.6 is 0 Å². The smallest absolute Gasteiger partial charge is 0.255 e. The van der Waals surface area contributed by atoms with Crippen LogP contribution < -0.4 is 14.9 Å². The van der Waals surface area contributed by atoms with Crippen LogP contribution in [0.3, 0.4) is 0 Å². The molecule has 2 aromatic rings. The molecule has 0 aromatic heterocycles. The van der Waals surface area contributed by atoms with Gasteiger partial charge in [0.05, 0.1) is 16.3 Å². The van der Waals surface area contributed by atoms with E-state index in [1.807, 2.05) is 38.1 Å². The maximum atomic E-state index is 12.7. The lowest BCUT2D eigenvalue weighted by molar-refractivity contribution is 0.102. The minimum Gasteiger partial charge on any atom is -0.370 e. The van der Waals surface area contributed by atoms with E-state index < -0.39 is 10.0 Å². The third-order valence-corrected chi connectivity index (χ3v) is 6.85. The third kappa shape index (κ3) is 5.36. The Balaban J connectivity index is 1.74. The third-order valence-electron chi connectivity index (χ3n) is 5.24. The van der Waals surface area contributed by atoms with Crippen LogP contribution in [0.1, 0.15) is 49.9 Å². The Hall–Kier alpha value is -2.38. The zero-order chi connectivity index (χ0) is 20.9. The Morgan fingerprint density at radius 1 is 1.03 bits per heavy atom. The number of nitrogens with one attached hydrogen (secondary N) is 2. The number of rotatable bonds is 7. The molecule has 0 radical (unpaired) electrons. The number of hydrogen-bond acceptors (Lipinski definition) is 4. The van der Waals surface area contributed by atoms with Crippen molar-refractivity contribution in [2.45, 2.75) is 50.5 Å². The molecule has 0 bridgehead atoms. The number of nitrogens with zero attached hydrogens (tertiary/aromatic N) is 1. The van der Waals surface area contributed by atoms with Crippen LogP contribution in [0.5, 0.6) is 0 Å². The minimum atomic E-state index is -3.58. The second-order valence-corrected chi connectivity index (χ2v) is 9.19. The number of hydrogen-bond donors (Lipinski definition) is 2. The van der Waals surface area contributed by atoms with E-state index in [-0.39, 0.29) is 16.8 Å². The van der Waals surface area contributed by atoms with Crippen molar-refractivity contribution >= 4 is 27.3 Å². The standard InChI is InChI=1S/C22H29N3O3S/c1-3-17(2)24-29(27,28)19-13-11-18(12-14-19)22(26)23-20-9-5-6-10-21(20)25-15-7-4-8-16-25/h5-6,9-14,17,24H,3-4,7-8,15-16H2,1-2H3,(H,23,26). The Kier molecular flexibility index (Phi) is 6.92. The number of para-hydroxylation sites is 2. The van der Waals surface area contributed by atoms with Crippen molar-refractivity contribution in [2.24, 2.45) is 0 Å². The second-order valence-electron chi connectivity index (χ2n) is 7.47. The van der Waals surface area contributed by atoms with Gasteiger partial charge in [0.1, 0.15) is 0 Å². The summed E-state index contributed by atoms with van der Waals surface area (Å²) in [7, 11) is -3.58. The van der Waals surface area contributed by atoms with E-state index in [2.05, 4.69) is 14.9 Å². The Labute approximate surface area is 173 Å². The molecule has 2 N–H and O–H groups in total. The number of piperidine rings is 1. The average molecular weight is 416 g/mol. The fraction of sp³-hybridized carbons (Fsp3) is 0.409. The predicted octanol–water partition coefficient (Wildman–Crippen LogP) is 4.01. The van der Waals surface area contributed by atoms with Gasteiger partial charge in [0.25, 0.3) is 5.91 Å². The molecule has 6 nitrogen and oxygen atoms in total. The van der Waals surface area contributed by atoms with E-state index in [9.17, 15) is 13.2 Å². The molecular weight excluding hydrogens is 386 g/mol. The van der Waals surface area contributed by atoms with Crippen molar-refractivity contribution in [3.05, 3.63) is 54.1 Å². The first-order valence-corrected chi connectivity index (χ1v) is 11.7. The zero-order valence-corrected chi connectivity index (χ0v) is 17.8. The van der Waals surface area contributed by atoms with Crippen LogP contribution in [0, 0.1) is 0 Å². The molecule has 1 saturated heterocycles. The summed E-state index contributed by atoms with van der Waals surface area (Å²) in [6.45, 7) is 5.72. The molecule has 0 spiro atoms. The van der Waals surface area contributed by atoms with Crippen LogP contribution in [0.4, 0.5) is 11.4 Å². The number of carbonyl (C=O) groups excluding carboxylic acids is 1. The minimum absolute atomic E-state index is 0.144. The van der Waals surface area contributed by atoms with Crippen molar-refractivity contribution in [3.63, 3.8) is 0 Å². The highest BCUT2D eigenvalue weighted by molar-refractivity contribution is 7.89. The lowest BCUT2D eigenvalue weighted by Crippen LogP contribution is -2.32. The first-order valence-electron chi connectivity index (χ1n) is 10.2. The molecule has 1 heterocycles. The maximum absolute atomic E-state index is 12.7. The summed E-state index contributed by atoms with van der Waals surface area (Å²) < 4.78 is 27.4. The van der Waals surface area contributed by atoms with Crippen LogP contribution in [-0.4, -0.2) is 33.5 Å². The van der Waals surface area contributed by atoms with Gasteiger partial charge in [-0.2, -0.15) is 0 Å². The van der Waals surface area contributed by atoms with Gasteiger partial charge in [-0.15, -0.1) is 0 Å². The molecular formula is C22H29N3O3S. The molecule has 156 valence electrons. The highest BCUT2D eigenvalue weighted by atomic mass is 32.2. The average Bonchev–Trinajstić information content (AvgIpc) is 2.74. The van der Waals surface area contributed by atoms with E-state index in [1.54, 1.807) is 12.1 Å². The first-order chi connectivity index (χ1) is 13.9. The van der Waals surface area contributed by atoms with Gasteiger partial charge in [0, 0.05) is 24.7 Å². The predicted molar refractivity (Wildman–Crippen MR) is 117 cm³/mol. The summed E-state index contributed by atoms with van der Waals surface area (Å²) >= 11 is 0. The van der Waals surface area contributed by atoms with Crippen molar-refractivity contribution in [1.82, 2.24) is 4.72 Å². The molecule has 3 rings (SSSR count). The van der Waals surface area contributed by atoms with Gasteiger partial charge in [-0.3, -0.25) is 4.79 Å². The summed E-state index contributed by atoms with van der Waals surface area (Å²) in [6.07, 6.45) is 4.26. The second kappa shape index (κ2) is 9.41. The molecule has 7 heteroatoms. The molecule has 1 atom stereocenters. The van der Waals surface area contributed by atoms with Crippen LogP contribution in [-0.2, 0) is 10.0 Å². The van der Waals surface area contributed by atoms with Crippen LogP contribution in [0.25, 0.3) is 0 Å². The lowest BCUT2D eigenvalue weighted by Gasteiger charge is -2.30. The Bertz CT molecular complexity index is 936. The zero-order valence-electron chi connectivity index (χ0n) is 17.0. The summed E-state index contributed by atoms with van der Waals surface area (Å²) in [5, 5.41) is 2.98. The van der Waals surface area contributed by atoms with Gasteiger partial charge < -0.3 is 10.2 Å². The SMILES string of the molecule is CCC(C)NS(=O)(=O)c1ccc(C(=O)Nc2ccccc2N2CCCCC2)cc1. The number of benzene rings is 2. The fourth-order valence-corrected chi connectivity index (χ4v) is 4.71. The normalized spacial score (nSPS) is 15.7. The molecule has 0 aliphatic carbocycles. The molecule has 1 unspecified atom stereocenters. The molecule has 2 aromatic carbocycles. The number of sulfonamides is 1. The van der Waals surface area contributed by atoms with E-state index in [4.69, 9.17) is 0 Å². The van der Waals surface area contributed by atoms with E-state index >= 15 is 0 Å². The maximum Gasteiger partial charge on any atom is 0.255 e. The van der Waals surface area contributed by atoms with Crippen molar-refractivity contribution in [1.29, 1.82) is 0 Å². The van der Waals surface area contributed by atoms with Gasteiger partial charge in [0.15, 0.2) is 0 Å². The highest BCUT2D eigenvalue weighted by Gasteiger charge is 2.18. The summed E-state index contributed by atoms with van der Waals surface area (Å²) in [5.41, 5.74) is 2.22. The number of amides is 1. The summed E-state index contributed by atoms with van der Waals surface area (Å²) in [5.74, 6) is -0.256. The van der Waals surface area contributed by atoms with Crippen molar-refractivity contribution in [2.75, 3.05) is 23.3 Å². The van der Waals surface area contributed by atoms with Gasteiger partial charge in [-0.25, -0.2) is 13.1 Å². The topological polar surface area (TPSA) is 78.5 Å². The molecule has 1 aliphatic heterocycles.